The summed E-state index contributed by atoms with van der Waals surface area (Å²) in [5, 5.41) is 9.91. The highest BCUT2D eigenvalue weighted by molar-refractivity contribution is 8.28. The number of fused-ring (bicyclic) bond motifs is 2. The first-order chi connectivity index (χ1) is 10.2. The summed E-state index contributed by atoms with van der Waals surface area (Å²) in [5.41, 5.74) is 0. The van der Waals surface area contributed by atoms with Crippen molar-refractivity contribution in [2.75, 3.05) is 12.4 Å². The molecule has 118 valence electrons. The second-order valence-corrected chi connectivity index (χ2v) is 8.93. The van der Waals surface area contributed by atoms with Crippen LogP contribution in [0.5, 0.6) is 0 Å². The molecule has 0 N–H and O–H groups in total. The minimum Gasteiger partial charge on any atom is -0.294 e. The lowest BCUT2D eigenvalue weighted by Gasteiger charge is -2.20. The van der Waals surface area contributed by atoms with E-state index >= 15 is 0 Å². The number of unbranched alkanes of at least 4 members (excludes halogenated alkanes) is 1. The number of rotatable bonds is 6. The average Bonchev–Trinajstić information content (AvgIpc) is 3.13. The highest BCUT2D eigenvalue weighted by atomic mass is 32.2. The molecule has 3 nitrogen and oxygen atoms in total. The van der Waals surface area contributed by atoms with Crippen molar-refractivity contribution in [3.05, 3.63) is 0 Å². The summed E-state index contributed by atoms with van der Waals surface area (Å²) in [6.07, 6.45) is 8.69. The topological polar surface area (TPSA) is 32.7 Å². The molecule has 1 aliphatic heterocycles. The number of hydrogen-bond acceptors (Lipinski definition) is 3. The van der Waals surface area contributed by atoms with Crippen LogP contribution < -0.4 is 0 Å². The van der Waals surface area contributed by atoms with Crippen LogP contribution in [0.25, 0.3) is 0 Å². The van der Waals surface area contributed by atoms with E-state index in [1.165, 1.54) is 38.5 Å². The smallest absolute Gasteiger partial charge is 0.161 e. The summed E-state index contributed by atoms with van der Waals surface area (Å²) >= 11 is 0. The Labute approximate surface area is 131 Å². The summed E-state index contributed by atoms with van der Waals surface area (Å²) in [5.74, 6) is 3.80. The van der Waals surface area contributed by atoms with Crippen LogP contribution in [0.3, 0.4) is 0 Å². The zero-order valence-electron chi connectivity index (χ0n) is 13.4. The van der Waals surface area contributed by atoms with Crippen molar-refractivity contribution in [3.8, 4) is 0 Å². The van der Waals surface area contributed by atoms with E-state index < -0.39 is 0 Å². The van der Waals surface area contributed by atoms with Gasteiger partial charge in [0, 0.05) is 18.3 Å². The van der Waals surface area contributed by atoms with Crippen LogP contribution in [0.4, 0.5) is 0 Å². The lowest BCUT2D eigenvalue weighted by molar-refractivity contribution is -0.113. The Morgan fingerprint density at radius 3 is 2.95 bits per heavy atom. The van der Waals surface area contributed by atoms with Crippen molar-refractivity contribution in [1.29, 1.82) is 0 Å². The molecule has 1 heterocycles. The van der Waals surface area contributed by atoms with Gasteiger partial charge in [0.1, 0.15) is 0 Å². The number of hydrogen-bond donors (Lipinski definition) is 0. The van der Waals surface area contributed by atoms with Crippen molar-refractivity contribution in [3.63, 3.8) is 0 Å². The van der Waals surface area contributed by atoms with Crippen molar-refractivity contribution < 1.29 is 4.79 Å². The SMILES string of the molecule is CCCCN1C/S(=C/C(=O)CC2CC3CCC2C3)C(C)=N1. The Kier molecular flexibility index (Phi) is 4.82. The van der Waals surface area contributed by atoms with E-state index in [2.05, 4.69) is 24.0 Å². The second kappa shape index (κ2) is 6.64. The number of hydrazone groups is 1. The highest BCUT2D eigenvalue weighted by Crippen LogP contribution is 2.49. The van der Waals surface area contributed by atoms with Gasteiger partial charge in [0.25, 0.3) is 0 Å². The van der Waals surface area contributed by atoms with Gasteiger partial charge in [-0.2, -0.15) is 5.10 Å². The third-order valence-electron chi connectivity index (χ3n) is 5.34. The van der Waals surface area contributed by atoms with E-state index in [1.54, 1.807) is 0 Å². The number of carbonyl (C=O) groups is 1. The Balaban J connectivity index is 1.53. The Morgan fingerprint density at radius 1 is 1.43 bits per heavy atom. The quantitative estimate of drug-likeness (QED) is 0.698. The van der Waals surface area contributed by atoms with Gasteiger partial charge in [0.05, 0.1) is 10.9 Å². The van der Waals surface area contributed by atoms with Gasteiger partial charge in [0.2, 0.25) is 0 Å². The number of nitrogens with zero attached hydrogens (tertiary/aromatic N) is 2. The summed E-state index contributed by atoms with van der Waals surface area (Å²) in [7, 11) is -0.0363. The van der Waals surface area contributed by atoms with Gasteiger partial charge in [-0.3, -0.25) is 9.80 Å². The van der Waals surface area contributed by atoms with Crippen LogP contribution in [0.2, 0.25) is 0 Å². The molecule has 3 rings (SSSR count). The molecular formula is C17H28N2OS. The first-order valence-electron chi connectivity index (χ1n) is 8.53. The maximum atomic E-state index is 12.4. The predicted octanol–water partition coefficient (Wildman–Crippen LogP) is 3.86. The fraction of sp³-hybridized carbons (Fsp3) is 0.824. The lowest BCUT2D eigenvalue weighted by atomic mass is 9.85. The van der Waals surface area contributed by atoms with Crippen LogP contribution in [-0.2, 0) is 4.79 Å². The molecule has 4 atom stereocenters. The summed E-state index contributed by atoms with van der Waals surface area (Å²) in [6, 6.07) is 0. The number of Topliss-reactive ketones (excluding diaryl/α,β-unsaturated/α-hetero) is 1. The minimum absolute atomic E-state index is 0.0363. The third-order valence-corrected chi connectivity index (χ3v) is 7.31. The number of ketones is 1. The van der Waals surface area contributed by atoms with Crippen molar-refractivity contribution in [2.24, 2.45) is 22.9 Å². The Hall–Kier alpha value is -0.640. The molecular weight excluding hydrogens is 280 g/mol. The monoisotopic (exact) mass is 308 g/mol. The van der Waals surface area contributed by atoms with Gasteiger partial charge in [0.15, 0.2) is 5.78 Å². The highest BCUT2D eigenvalue weighted by Gasteiger charge is 2.39. The van der Waals surface area contributed by atoms with Crippen molar-refractivity contribution in [2.45, 2.75) is 58.8 Å². The molecule has 21 heavy (non-hydrogen) atoms. The summed E-state index contributed by atoms with van der Waals surface area (Å²) in [4.78, 5) is 12.4. The maximum absolute atomic E-state index is 12.4. The molecule has 0 aromatic rings. The van der Waals surface area contributed by atoms with E-state index in [1.807, 2.05) is 5.37 Å². The molecule has 0 amide bonds. The zero-order chi connectivity index (χ0) is 14.8. The normalized spacial score (nSPS) is 34.8. The van der Waals surface area contributed by atoms with E-state index in [9.17, 15) is 4.79 Å². The first kappa shape index (κ1) is 15.3. The van der Waals surface area contributed by atoms with E-state index in [0.29, 0.717) is 11.7 Å². The van der Waals surface area contributed by atoms with E-state index in [-0.39, 0.29) is 10.5 Å². The lowest BCUT2D eigenvalue weighted by Crippen LogP contribution is -2.17. The van der Waals surface area contributed by atoms with Gasteiger partial charge in [-0.05, 0) is 50.4 Å². The van der Waals surface area contributed by atoms with Crippen LogP contribution in [0.15, 0.2) is 5.10 Å². The van der Waals surface area contributed by atoms with Crippen LogP contribution in [0, 0.1) is 17.8 Å². The van der Waals surface area contributed by atoms with Gasteiger partial charge in [-0.1, -0.05) is 19.8 Å². The average molecular weight is 308 g/mol. The molecule has 4 unspecified atom stereocenters. The molecule has 2 aliphatic carbocycles. The fourth-order valence-electron chi connectivity index (χ4n) is 4.20. The third kappa shape index (κ3) is 3.58. The molecule has 3 aliphatic rings. The van der Waals surface area contributed by atoms with Gasteiger partial charge >= 0.3 is 0 Å². The Morgan fingerprint density at radius 2 is 2.29 bits per heavy atom. The maximum Gasteiger partial charge on any atom is 0.161 e. The van der Waals surface area contributed by atoms with Crippen LogP contribution in [-0.4, -0.2) is 33.6 Å². The van der Waals surface area contributed by atoms with Gasteiger partial charge < -0.3 is 0 Å². The Bertz CT molecular complexity index is 471. The largest absolute Gasteiger partial charge is 0.294 e. The van der Waals surface area contributed by atoms with Crippen molar-refractivity contribution >= 4 is 26.7 Å². The standard InChI is InChI=1S/C17H28N2OS/c1-3-4-7-19-12-21(13(2)18-19)11-17(20)10-16-9-14-5-6-15(16)8-14/h11,14-16H,3-10,12H2,1-2H3. The molecule has 2 saturated carbocycles. The molecule has 0 radical (unpaired) electrons. The molecule has 0 aromatic heterocycles. The van der Waals surface area contributed by atoms with Gasteiger partial charge in [-0.25, -0.2) is 0 Å². The zero-order valence-corrected chi connectivity index (χ0v) is 14.2. The second-order valence-electron chi connectivity index (χ2n) is 6.98. The molecule has 0 aromatic carbocycles. The van der Waals surface area contributed by atoms with Gasteiger partial charge in [-0.15, -0.1) is 10.5 Å². The van der Waals surface area contributed by atoms with Crippen LogP contribution in [0.1, 0.15) is 58.8 Å². The fourth-order valence-corrected chi connectivity index (χ4v) is 5.78. The summed E-state index contributed by atoms with van der Waals surface area (Å²) < 4.78 is 0. The molecule has 4 heteroatoms. The van der Waals surface area contributed by atoms with Crippen molar-refractivity contribution in [1.82, 2.24) is 5.01 Å². The van der Waals surface area contributed by atoms with E-state index in [4.69, 9.17) is 0 Å². The van der Waals surface area contributed by atoms with E-state index in [0.717, 1.165) is 35.7 Å². The number of carbonyl (C=O) groups excluding carboxylic acids is 1. The molecule has 0 spiro atoms. The molecule has 0 saturated heterocycles. The predicted molar refractivity (Wildman–Crippen MR) is 91.8 cm³/mol. The minimum atomic E-state index is -0.0363. The van der Waals surface area contributed by atoms with Crippen LogP contribution >= 0.6 is 10.5 Å². The molecule has 2 fully saturated rings. The first-order valence-corrected chi connectivity index (χ1v) is 9.99. The summed E-state index contributed by atoms with van der Waals surface area (Å²) in [6.45, 7) is 5.32. The molecule has 2 bridgehead atoms.